The van der Waals surface area contributed by atoms with Crippen LogP contribution in [0.2, 0.25) is 0 Å². The first kappa shape index (κ1) is 15.0. The van der Waals surface area contributed by atoms with Gasteiger partial charge in [-0.1, -0.05) is 6.07 Å². The lowest BCUT2D eigenvalue weighted by atomic mass is 10.1. The van der Waals surface area contributed by atoms with Gasteiger partial charge in [-0.05, 0) is 44.1 Å². The standard InChI is InChI=1S/C18H21N5O/c1-24-17-4-2-3-15(22-17)14-11-16(21-12-5-8-19-9-6-12)23-18-13(14)7-10-20-18/h2-4,7,10-12,19H,5-6,8-9H2,1H3,(H2,20,21,23). The SMILES string of the molecule is COc1cccc(-c2cc(NC3CCNCC3)nc3[nH]ccc23)n1. The van der Waals surface area contributed by atoms with Crippen molar-refractivity contribution >= 4 is 16.9 Å². The molecule has 6 nitrogen and oxygen atoms in total. The maximum atomic E-state index is 5.26. The van der Waals surface area contributed by atoms with Crippen LogP contribution in [-0.2, 0) is 0 Å². The van der Waals surface area contributed by atoms with Gasteiger partial charge < -0.3 is 20.4 Å². The van der Waals surface area contributed by atoms with Gasteiger partial charge in [0.2, 0.25) is 5.88 Å². The van der Waals surface area contributed by atoms with Crippen LogP contribution >= 0.6 is 0 Å². The molecular formula is C18H21N5O. The first-order valence-corrected chi connectivity index (χ1v) is 8.30. The molecule has 1 aliphatic heterocycles. The Kier molecular flexibility index (Phi) is 4.04. The zero-order chi connectivity index (χ0) is 16.4. The summed E-state index contributed by atoms with van der Waals surface area (Å²) in [5.41, 5.74) is 2.81. The molecule has 0 amide bonds. The topological polar surface area (TPSA) is 74.9 Å². The molecule has 0 radical (unpaired) electrons. The number of hydrogen-bond donors (Lipinski definition) is 3. The maximum Gasteiger partial charge on any atom is 0.213 e. The van der Waals surface area contributed by atoms with E-state index in [-0.39, 0.29) is 0 Å². The van der Waals surface area contributed by atoms with Gasteiger partial charge in [0.25, 0.3) is 0 Å². The van der Waals surface area contributed by atoms with Gasteiger partial charge in [0.1, 0.15) is 11.5 Å². The monoisotopic (exact) mass is 323 g/mol. The van der Waals surface area contributed by atoms with Crippen LogP contribution in [0.1, 0.15) is 12.8 Å². The Hall–Kier alpha value is -2.60. The van der Waals surface area contributed by atoms with Gasteiger partial charge in [-0.2, -0.15) is 0 Å². The second-order valence-electron chi connectivity index (χ2n) is 6.03. The number of H-pyrrole nitrogens is 1. The normalized spacial score (nSPS) is 15.5. The van der Waals surface area contributed by atoms with Gasteiger partial charge in [0.05, 0.1) is 12.8 Å². The molecule has 124 valence electrons. The molecule has 0 spiro atoms. The number of piperidine rings is 1. The van der Waals surface area contributed by atoms with E-state index in [4.69, 9.17) is 9.72 Å². The Morgan fingerprint density at radius 1 is 1.17 bits per heavy atom. The summed E-state index contributed by atoms with van der Waals surface area (Å²) >= 11 is 0. The molecule has 6 heteroatoms. The Labute approximate surface area is 140 Å². The molecule has 0 aliphatic carbocycles. The molecule has 0 aromatic carbocycles. The number of fused-ring (bicyclic) bond motifs is 1. The van der Waals surface area contributed by atoms with Crippen LogP contribution in [0.4, 0.5) is 5.82 Å². The molecule has 3 N–H and O–H groups in total. The van der Waals surface area contributed by atoms with E-state index in [9.17, 15) is 0 Å². The molecule has 1 fully saturated rings. The number of methoxy groups -OCH3 is 1. The fourth-order valence-corrected chi connectivity index (χ4v) is 3.18. The molecule has 3 aromatic heterocycles. The average Bonchev–Trinajstić information content (AvgIpc) is 3.10. The first-order chi connectivity index (χ1) is 11.8. The molecule has 0 atom stereocenters. The van der Waals surface area contributed by atoms with Gasteiger partial charge in [-0.25, -0.2) is 9.97 Å². The van der Waals surface area contributed by atoms with Crippen molar-refractivity contribution in [3.8, 4) is 17.1 Å². The number of ether oxygens (including phenoxy) is 1. The van der Waals surface area contributed by atoms with Gasteiger partial charge in [0, 0.05) is 29.3 Å². The van der Waals surface area contributed by atoms with Crippen molar-refractivity contribution in [3.05, 3.63) is 36.5 Å². The third-order valence-corrected chi connectivity index (χ3v) is 4.43. The highest BCUT2D eigenvalue weighted by Gasteiger charge is 2.16. The lowest BCUT2D eigenvalue weighted by Crippen LogP contribution is -2.35. The van der Waals surface area contributed by atoms with Crippen molar-refractivity contribution in [2.24, 2.45) is 0 Å². The van der Waals surface area contributed by atoms with Crippen LogP contribution in [-0.4, -0.2) is 41.2 Å². The van der Waals surface area contributed by atoms with Crippen molar-refractivity contribution in [2.75, 3.05) is 25.5 Å². The number of nitrogens with one attached hydrogen (secondary N) is 3. The number of pyridine rings is 2. The summed E-state index contributed by atoms with van der Waals surface area (Å²) in [5, 5.41) is 8.02. The van der Waals surface area contributed by atoms with E-state index in [1.165, 1.54) is 0 Å². The maximum absolute atomic E-state index is 5.26. The lowest BCUT2D eigenvalue weighted by Gasteiger charge is -2.24. The predicted molar refractivity (Wildman–Crippen MR) is 95.4 cm³/mol. The van der Waals surface area contributed by atoms with E-state index in [1.807, 2.05) is 30.5 Å². The number of aromatic nitrogens is 3. The van der Waals surface area contributed by atoms with Crippen LogP contribution in [0.5, 0.6) is 5.88 Å². The largest absolute Gasteiger partial charge is 0.481 e. The highest BCUT2D eigenvalue weighted by Crippen LogP contribution is 2.30. The predicted octanol–water partition coefficient (Wildman–Crippen LogP) is 2.80. The molecular weight excluding hydrogens is 302 g/mol. The van der Waals surface area contributed by atoms with E-state index >= 15 is 0 Å². The van der Waals surface area contributed by atoms with Crippen molar-refractivity contribution in [1.82, 2.24) is 20.3 Å². The van der Waals surface area contributed by atoms with Crippen molar-refractivity contribution in [1.29, 1.82) is 0 Å². The van der Waals surface area contributed by atoms with Crippen LogP contribution in [0, 0.1) is 0 Å². The molecule has 24 heavy (non-hydrogen) atoms. The summed E-state index contributed by atoms with van der Waals surface area (Å²) in [4.78, 5) is 12.5. The fourth-order valence-electron chi connectivity index (χ4n) is 3.18. The molecule has 3 aromatic rings. The third-order valence-electron chi connectivity index (χ3n) is 4.43. The van der Waals surface area contributed by atoms with E-state index in [0.29, 0.717) is 11.9 Å². The van der Waals surface area contributed by atoms with Gasteiger partial charge in [-0.15, -0.1) is 0 Å². The van der Waals surface area contributed by atoms with Crippen molar-refractivity contribution in [3.63, 3.8) is 0 Å². The smallest absolute Gasteiger partial charge is 0.213 e. The van der Waals surface area contributed by atoms with Crippen LogP contribution < -0.4 is 15.4 Å². The molecule has 0 unspecified atom stereocenters. The second-order valence-corrected chi connectivity index (χ2v) is 6.03. The third kappa shape index (κ3) is 2.92. The minimum atomic E-state index is 0.456. The summed E-state index contributed by atoms with van der Waals surface area (Å²) < 4.78 is 5.26. The average molecular weight is 323 g/mol. The quantitative estimate of drug-likeness (QED) is 0.688. The van der Waals surface area contributed by atoms with Gasteiger partial charge >= 0.3 is 0 Å². The van der Waals surface area contributed by atoms with Crippen molar-refractivity contribution in [2.45, 2.75) is 18.9 Å². The highest BCUT2D eigenvalue weighted by molar-refractivity contribution is 5.93. The summed E-state index contributed by atoms with van der Waals surface area (Å²) in [6.45, 7) is 2.10. The van der Waals surface area contributed by atoms with Crippen LogP contribution in [0.3, 0.4) is 0 Å². The molecule has 0 bridgehead atoms. The number of aromatic amines is 1. The van der Waals surface area contributed by atoms with Gasteiger partial charge in [0.15, 0.2) is 0 Å². The fraction of sp³-hybridized carbons (Fsp3) is 0.333. The summed E-state index contributed by atoms with van der Waals surface area (Å²) in [5.74, 6) is 1.50. The second kappa shape index (κ2) is 6.49. The lowest BCUT2D eigenvalue weighted by molar-refractivity contribution is 0.398. The Morgan fingerprint density at radius 3 is 2.88 bits per heavy atom. The summed E-state index contributed by atoms with van der Waals surface area (Å²) in [6.07, 6.45) is 4.13. The van der Waals surface area contributed by atoms with E-state index in [0.717, 1.165) is 54.0 Å². The number of anilines is 1. The molecule has 1 aliphatic rings. The van der Waals surface area contributed by atoms with E-state index in [2.05, 4.69) is 26.7 Å². The summed E-state index contributed by atoms with van der Waals surface area (Å²) in [6, 6.07) is 10.4. The van der Waals surface area contributed by atoms with E-state index < -0.39 is 0 Å². The van der Waals surface area contributed by atoms with Gasteiger partial charge in [-0.3, -0.25) is 0 Å². The molecule has 4 rings (SSSR count). The molecule has 0 saturated carbocycles. The summed E-state index contributed by atoms with van der Waals surface area (Å²) in [7, 11) is 1.63. The number of rotatable bonds is 4. The zero-order valence-electron chi connectivity index (χ0n) is 13.7. The minimum Gasteiger partial charge on any atom is -0.481 e. The Morgan fingerprint density at radius 2 is 2.04 bits per heavy atom. The van der Waals surface area contributed by atoms with Crippen molar-refractivity contribution < 1.29 is 4.74 Å². The molecule has 1 saturated heterocycles. The zero-order valence-corrected chi connectivity index (χ0v) is 13.7. The number of nitrogens with zero attached hydrogens (tertiary/aromatic N) is 2. The Balaban J connectivity index is 1.74. The number of hydrogen-bond acceptors (Lipinski definition) is 5. The first-order valence-electron chi connectivity index (χ1n) is 8.30. The highest BCUT2D eigenvalue weighted by atomic mass is 16.5. The minimum absolute atomic E-state index is 0.456. The molecule has 4 heterocycles. The van der Waals surface area contributed by atoms with Crippen LogP contribution in [0.15, 0.2) is 36.5 Å². The van der Waals surface area contributed by atoms with E-state index in [1.54, 1.807) is 7.11 Å². The Bertz CT molecular complexity index is 838. The van der Waals surface area contributed by atoms with Crippen LogP contribution in [0.25, 0.3) is 22.3 Å².